The summed E-state index contributed by atoms with van der Waals surface area (Å²) in [5.41, 5.74) is 0.398. The molecule has 11 nitrogen and oxygen atoms in total. The fourth-order valence-electron chi connectivity index (χ4n) is 2.93. The summed E-state index contributed by atoms with van der Waals surface area (Å²) in [5, 5.41) is 19.7. The highest BCUT2D eigenvalue weighted by molar-refractivity contribution is 7.92. The summed E-state index contributed by atoms with van der Waals surface area (Å²) in [4.78, 5) is 3.30. The number of phenolic OH excluding ortho intramolecular Hbond substituents is 1. The molecule has 0 unspecified atom stereocenters. The number of hydrogen-bond donors (Lipinski definition) is 3. The van der Waals surface area contributed by atoms with E-state index in [9.17, 15) is 26.5 Å². The molecule has 0 spiro atoms. The van der Waals surface area contributed by atoms with Gasteiger partial charge in [-0.05, 0) is 35.8 Å². The Bertz CT molecular complexity index is 1580. The van der Waals surface area contributed by atoms with Gasteiger partial charge in [-0.2, -0.15) is 12.8 Å². The summed E-state index contributed by atoms with van der Waals surface area (Å²) < 4.78 is 63.1. The highest BCUT2D eigenvalue weighted by Crippen LogP contribution is 2.43. The zero-order chi connectivity index (χ0) is 22.4. The topological polar surface area (TPSA) is 171 Å². The third-order valence-corrected chi connectivity index (χ3v) is 6.33. The number of rotatable bonds is 5. The Morgan fingerprint density at radius 1 is 1.06 bits per heavy atom. The maximum Gasteiger partial charge on any atom is 0.298 e. The number of aromatic hydroxyl groups is 1. The largest absolute Gasteiger partial charge is 0.506 e. The van der Waals surface area contributed by atoms with Crippen LogP contribution in [-0.4, -0.2) is 42.1 Å². The Balaban J connectivity index is 2.00. The minimum absolute atomic E-state index is 0.0435. The van der Waals surface area contributed by atoms with Gasteiger partial charge in [-0.15, -0.1) is 10.2 Å². The van der Waals surface area contributed by atoms with Crippen LogP contribution < -0.4 is 4.72 Å². The first-order valence-corrected chi connectivity index (χ1v) is 12.5. The van der Waals surface area contributed by atoms with Crippen LogP contribution in [0.5, 0.6) is 5.75 Å². The lowest BCUT2D eigenvalue weighted by Gasteiger charge is -2.13. The van der Waals surface area contributed by atoms with E-state index in [1.165, 1.54) is 18.2 Å². The summed E-state index contributed by atoms with van der Waals surface area (Å²) in [7, 11) is -8.52. The normalized spacial score (nSPS) is 12.7. The molecule has 0 aliphatic rings. The van der Waals surface area contributed by atoms with Gasteiger partial charge in [-0.3, -0.25) is 9.27 Å². The van der Waals surface area contributed by atoms with Crippen LogP contribution in [0, 0.1) is 0 Å². The van der Waals surface area contributed by atoms with Crippen molar-refractivity contribution in [2.75, 3.05) is 11.0 Å². The molecule has 0 aliphatic carbocycles. The molecule has 0 atom stereocenters. The summed E-state index contributed by atoms with van der Waals surface area (Å²) in [6.07, 6.45) is 2.51. The molecule has 0 bridgehead atoms. The molecule has 4 aromatic rings. The molecule has 0 saturated carbocycles. The van der Waals surface area contributed by atoms with E-state index in [2.05, 4.69) is 24.3 Å². The second-order valence-electron chi connectivity index (χ2n) is 6.38. The van der Waals surface area contributed by atoms with Gasteiger partial charge in [0, 0.05) is 17.0 Å². The average molecular weight is 480 g/mol. The number of phenols is 1. The molecule has 0 amide bonds. The Morgan fingerprint density at radius 3 is 2.52 bits per heavy atom. The molecular formula is C17H13N5O6S3. The first-order chi connectivity index (χ1) is 14.5. The Hall–Kier alpha value is -3.20. The fourth-order valence-corrected chi connectivity index (χ4v) is 4.76. The highest BCUT2D eigenvalue weighted by Gasteiger charge is 2.23. The molecule has 14 heteroatoms. The van der Waals surface area contributed by atoms with Crippen molar-refractivity contribution in [2.45, 2.75) is 4.90 Å². The minimum Gasteiger partial charge on any atom is -0.506 e. The van der Waals surface area contributed by atoms with E-state index in [1.807, 2.05) is 0 Å². The highest BCUT2D eigenvalue weighted by atomic mass is 32.2. The van der Waals surface area contributed by atoms with E-state index >= 15 is 0 Å². The van der Waals surface area contributed by atoms with Gasteiger partial charge in [0.2, 0.25) is 10.0 Å². The predicted molar refractivity (Wildman–Crippen MR) is 115 cm³/mol. The van der Waals surface area contributed by atoms with Gasteiger partial charge in [0.25, 0.3) is 10.1 Å². The zero-order valence-corrected chi connectivity index (χ0v) is 18.0. The van der Waals surface area contributed by atoms with E-state index < -0.39 is 30.8 Å². The minimum atomic E-state index is -4.81. The molecule has 160 valence electrons. The average Bonchev–Trinajstić information content (AvgIpc) is 3.09. The van der Waals surface area contributed by atoms with Crippen molar-refractivity contribution in [3.05, 3.63) is 42.6 Å². The van der Waals surface area contributed by atoms with Crippen LogP contribution in [0.4, 0.5) is 16.4 Å². The van der Waals surface area contributed by atoms with Crippen molar-refractivity contribution in [1.29, 1.82) is 0 Å². The molecule has 0 saturated heterocycles. The van der Waals surface area contributed by atoms with Crippen LogP contribution in [0.15, 0.2) is 57.7 Å². The Morgan fingerprint density at radius 2 is 1.81 bits per heavy atom. The van der Waals surface area contributed by atoms with Gasteiger partial charge in [0.1, 0.15) is 10.6 Å². The van der Waals surface area contributed by atoms with Crippen molar-refractivity contribution in [3.63, 3.8) is 0 Å². The molecule has 31 heavy (non-hydrogen) atoms. The maximum atomic E-state index is 11.8. The molecule has 0 radical (unpaired) electrons. The second kappa shape index (κ2) is 7.49. The second-order valence-corrected chi connectivity index (χ2v) is 10.3. The lowest BCUT2D eigenvalue weighted by Crippen LogP contribution is -2.10. The molecule has 2 heterocycles. The third kappa shape index (κ3) is 4.18. The standard InChI is InChI=1S/C17H13N5O6S3/c1-30(24,25)22-11-6-2-4-9-14(11)12(8-13(15(9)23)31(26,27)28)19-20-17-10-5-3-7-18-16(10)21-29-17/h2-8,22-23H,1H3,(H,26,27,28)/b20-19+. The number of benzene rings is 2. The molecular weight excluding hydrogens is 466 g/mol. The van der Waals surface area contributed by atoms with Crippen molar-refractivity contribution >= 4 is 69.9 Å². The third-order valence-electron chi connectivity index (χ3n) is 4.13. The number of azo groups is 1. The van der Waals surface area contributed by atoms with Gasteiger partial charge < -0.3 is 5.11 Å². The number of fused-ring (bicyclic) bond motifs is 2. The van der Waals surface area contributed by atoms with Crippen LogP contribution in [0.3, 0.4) is 0 Å². The molecule has 2 aromatic carbocycles. The van der Waals surface area contributed by atoms with Crippen LogP contribution in [-0.2, 0) is 20.1 Å². The Kier molecular flexibility index (Phi) is 5.09. The van der Waals surface area contributed by atoms with E-state index in [1.54, 1.807) is 18.3 Å². The predicted octanol–water partition coefficient (Wildman–Crippen LogP) is 3.58. The van der Waals surface area contributed by atoms with Crippen molar-refractivity contribution in [1.82, 2.24) is 9.36 Å². The lowest BCUT2D eigenvalue weighted by molar-refractivity contribution is 0.448. The fraction of sp³-hybridized carbons (Fsp3) is 0.0588. The van der Waals surface area contributed by atoms with Gasteiger partial charge >= 0.3 is 0 Å². The SMILES string of the molecule is CS(=O)(=O)Nc1cccc2c(O)c(S(=O)(=O)O)cc(/N=N/c3snc4ncccc34)c12. The molecule has 0 aliphatic heterocycles. The number of aromatic nitrogens is 2. The Labute approximate surface area is 180 Å². The zero-order valence-electron chi connectivity index (χ0n) is 15.6. The molecule has 3 N–H and O–H groups in total. The smallest absolute Gasteiger partial charge is 0.298 e. The molecule has 4 rings (SSSR count). The van der Waals surface area contributed by atoms with Gasteiger partial charge in [0.05, 0.1) is 23.0 Å². The summed E-state index contributed by atoms with van der Waals surface area (Å²) >= 11 is 1.01. The molecule has 0 fully saturated rings. The maximum absolute atomic E-state index is 11.8. The van der Waals surface area contributed by atoms with Crippen LogP contribution in [0.2, 0.25) is 0 Å². The van der Waals surface area contributed by atoms with Crippen LogP contribution >= 0.6 is 11.5 Å². The first-order valence-electron chi connectivity index (χ1n) is 8.41. The quantitative estimate of drug-likeness (QED) is 0.288. The van der Waals surface area contributed by atoms with Gasteiger partial charge in [-0.25, -0.2) is 13.4 Å². The van der Waals surface area contributed by atoms with Crippen molar-refractivity contribution in [2.24, 2.45) is 10.2 Å². The number of pyridine rings is 1. The first kappa shape index (κ1) is 21.0. The van der Waals surface area contributed by atoms with E-state index in [0.29, 0.717) is 16.0 Å². The summed E-state index contributed by atoms with van der Waals surface area (Å²) in [6, 6.07) is 8.52. The molecule has 2 aromatic heterocycles. The monoisotopic (exact) mass is 479 g/mol. The van der Waals surface area contributed by atoms with E-state index in [0.717, 1.165) is 23.9 Å². The van der Waals surface area contributed by atoms with Crippen molar-refractivity contribution < 1.29 is 26.5 Å². The van der Waals surface area contributed by atoms with Crippen LogP contribution in [0.1, 0.15) is 0 Å². The van der Waals surface area contributed by atoms with Gasteiger partial charge in [-0.1, -0.05) is 12.1 Å². The number of hydrogen-bond acceptors (Lipinski definition) is 10. The summed E-state index contributed by atoms with van der Waals surface area (Å²) in [6.45, 7) is 0. The van der Waals surface area contributed by atoms with Gasteiger partial charge in [0.15, 0.2) is 10.6 Å². The van der Waals surface area contributed by atoms with E-state index in [4.69, 9.17) is 0 Å². The number of anilines is 1. The number of nitrogens with zero attached hydrogens (tertiary/aromatic N) is 4. The number of sulfonamides is 1. The lowest BCUT2D eigenvalue weighted by atomic mass is 10.1. The van der Waals surface area contributed by atoms with Crippen molar-refractivity contribution in [3.8, 4) is 5.75 Å². The number of nitrogens with one attached hydrogen (secondary N) is 1. The van der Waals surface area contributed by atoms with E-state index in [-0.39, 0.29) is 22.1 Å². The van der Waals surface area contributed by atoms with Crippen LogP contribution in [0.25, 0.3) is 21.8 Å². The summed E-state index contributed by atoms with van der Waals surface area (Å²) in [5.74, 6) is -0.749.